The number of carbonyl (C=O) groups is 1. The first-order valence-electron chi connectivity index (χ1n) is 5.85. The van der Waals surface area contributed by atoms with Gasteiger partial charge in [0.25, 0.3) is 0 Å². The summed E-state index contributed by atoms with van der Waals surface area (Å²) in [5, 5.41) is 3.19. The van der Waals surface area contributed by atoms with E-state index in [0.29, 0.717) is 0 Å². The highest BCUT2D eigenvalue weighted by Crippen LogP contribution is 2.21. The molecule has 0 aliphatic carbocycles. The predicted molar refractivity (Wildman–Crippen MR) is 84.0 cm³/mol. The average Bonchev–Trinajstić information content (AvgIpc) is 2.46. The second-order valence-corrected chi connectivity index (χ2v) is 5.26. The molecule has 19 heavy (non-hydrogen) atoms. The zero-order chi connectivity index (χ0) is 13.7. The lowest BCUT2D eigenvalue weighted by Crippen LogP contribution is -2.22. The number of rotatable bonds is 4. The van der Waals surface area contributed by atoms with Crippen LogP contribution in [0.5, 0.6) is 0 Å². The Morgan fingerprint density at radius 3 is 2.32 bits per heavy atom. The summed E-state index contributed by atoms with van der Waals surface area (Å²) in [6, 6.07) is 16.9. The highest BCUT2D eigenvalue weighted by atomic mass is 127. The van der Waals surface area contributed by atoms with Gasteiger partial charge >= 0.3 is 5.97 Å². The van der Waals surface area contributed by atoms with Crippen molar-refractivity contribution in [2.24, 2.45) is 0 Å². The van der Waals surface area contributed by atoms with Crippen molar-refractivity contribution in [1.29, 1.82) is 0 Å². The van der Waals surface area contributed by atoms with E-state index in [1.54, 1.807) is 0 Å². The van der Waals surface area contributed by atoms with Gasteiger partial charge in [0.15, 0.2) is 6.04 Å². The zero-order valence-corrected chi connectivity index (χ0v) is 12.6. The van der Waals surface area contributed by atoms with Crippen molar-refractivity contribution < 1.29 is 9.53 Å². The normalized spacial score (nSPS) is 11.7. The van der Waals surface area contributed by atoms with Crippen molar-refractivity contribution in [3.05, 3.63) is 63.7 Å². The number of nitrogens with one attached hydrogen (secondary N) is 1. The fourth-order valence-corrected chi connectivity index (χ4v) is 2.11. The van der Waals surface area contributed by atoms with Gasteiger partial charge in [0.05, 0.1) is 7.11 Å². The van der Waals surface area contributed by atoms with Crippen LogP contribution in [0.15, 0.2) is 54.6 Å². The predicted octanol–water partition coefficient (Wildman–Crippen LogP) is 3.62. The van der Waals surface area contributed by atoms with Crippen LogP contribution >= 0.6 is 22.6 Å². The Hall–Kier alpha value is -1.56. The first kappa shape index (κ1) is 13.9. The van der Waals surface area contributed by atoms with Gasteiger partial charge in [-0.15, -0.1) is 0 Å². The molecule has 98 valence electrons. The third kappa shape index (κ3) is 3.70. The lowest BCUT2D eigenvalue weighted by atomic mass is 10.1. The summed E-state index contributed by atoms with van der Waals surface area (Å²) in [4.78, 5) is 11.9. The molecule has 4 heteroatoms. The lowest BCUT2D eigenvalue weighted by molar-refractivity contribution is -0.141. The number of halogens is 1. The fourth-order valence-electron chi connectivity index (χ4n) is 1.75. The summed E-state index contributed by atoms with van der Waals surface area (Å²) in [5.41, 5.74) is 1.77. The van der Waals surface area contributed by atoms with E-state index in [2.05, 4.69) is 27.9 Å². The maximum atomic E-state index is 11.9. The van der Waals surface area contributed by atoms with E-state index >= 15 is 0 Å². The molecule has 0 bridgehead atoms. The second kappa shape index (κ2) is 6.56. The molecular formula is C15H14INO2. The van der Waals surface area contributed by atoms with E-state index in [1.165, 1.54) is 7.11 Å². The summed E-state index contributed by atoms with van der Waals surface area (Å²) in [6.07, 6.45) is 0. The maximum Gasteiger partial charge on any atom is 0.332 e. The van der Waals surface area contributed by atoms with Crippen LogP contribution in [-0.2, 0) is 9.53 Å². The lowest BCUT2D eigenvalue weighted by Gasteiger charge is -2.18. The first-order chi connectivity index (χ1) is 9.20. The largest absolute Gasteiger partial charge is 0.467 e. The van der Waals surface area contributed by atoms with Crippen LogP contribution in [-0.4, -0.2) is 13.1 Å². The molecule has 0 spiro atoms. The Labute approximate surface area is 126 Å². The monoisotopic (exact) mass is 367 g/mol. The van der Waals surface area contributed by atoms with E-state index < -0.39 is 6.04 Å². The van der Waals surface area contributed by atoms with Gasteiger partial charge in [-0.3, -0.25) is 0 Å². The maximum absolute atomic E-state index is 11.9. The molecule has 0 amide bonds. The summed E-state index contributed by atoms with van der Waals surface area (Å²) < 4.78 is 6.00. The molecule has 0 heterocycles. The molecule has 0 saturated heterocycles. The van der Waals surface area contributed by atoms with E-state index in [4.69, 9.17) is 4.74 Å². The number of benzene rings is 2. The van der Waals surface area contributed by atoms with Gasteiger partial charge in [-0.05, 0) is 52.4 Å². The van der Waals surface area contributed by atoms with E-state index in [-0.39, 0.29) is 5.97 Å². The molecule has 0 aliphatic rings. The Morgan fingerprint density at radius 2 is 1.74 bits per heavy atom. The fraction of sp³-hybridized carbons (Fsp3) is 0.133. The molecule has 2 aromatic carbocycles. The van der Waals surface area contributed by atoms with Crippen LogP contribution in [0.3, 0.4) is 0 Å². The van der Waals surface area contributed by atoms with Gasteiger partial charge < -0.3 is 10.1 Å². The molecule has 0 saturated carbocycles. The number of hydrogen-bond donors (Lipinski definition) is 1. The minimum absolute atomic E-state index is 0.301. The van der Waals surface area contributed by atoms with Crippen LogP contribution in [0, 0.1) is 3.57 Å². The van der Waals surface area contributed by atoms with E-state index in [0.717, 1.165) is 14.8 Å². The molecule has 0 radical (unpaired) electrons. The summed E-state index contributed by atoms with van der Waals surface area (Å²) in [7, 11) is 1.40. The third-order valence-corrected chi connectivity index (χ3v) is 3.44. The molecule has 0 fully saturated rings. The van der Waals surface area contributed by atoms with Crippen molar-refractivity contribution in [2.75, 3.05) is 12.4 Å². The number of ether oxygens (including phenoxy) is 1. The van der Waals surface area contributed by atoms with Gasteiger partial charge in [0, 0.05) is 9.26 Å². The van der Waals surface area contributed by atoms with Gasteiger partial charge in [-0.1, -0.05) is 30.3 Å². The average molecular weight is 367 g/mol. The van der Waals surface area contributed by atoms with Gasteiger partial charge in [-0.25, -0.2) is 4.79 Å². The molecule has 2 rings (SSSR count). The molecule has 0 aliphatic heterocycles. The third-order valence-electron chi connectivity index (χ3n) is 2.73. The number of para-hydroxylation sites is 1. The van der Waals surface area contributed by atoms with Crippen molar-refractivity contribution in [3.8, 4) is 0 Å². The molecule has 3 nitrogen and oxygen atoms in total. The number of anilines is 1. The Kier molecular flexibility index (Phi) is 4.79. The van der Waals surface area contributed by atoms with Crippen molar-refractivity contribution >= 4 is 34.2 Å². The van der Waals surface area contributed by atoms with Crippen molar-refractivity contribution in [1.82, 2.24) is 0 Å². The van der Waals surface area contributed by atoms with E-state index in [1.807, 2.05) is 54.6 Å². The SMILES string of the molecule is COC(=O)C(Nc1ccccc1)c1ccc(I)cc1. The van der Waals surface area contributed by atoms with Gasteiger partial charge in [0.1, 0.15) is 0 Å². The Bertz CT molecular complexity index is 540. The number of hydrogen-bond acceptors (Lipinski definition) is 3. The quantitative estimate of drug-likeness (QED) is 0.663. The van der Waals surface area contributed by atoms with Crippen molar-refractivity contribution in [2.45, 2.75) is 6.04 Å². The summed E-state index contributed by atoms with van der Waals surface area (Å²) >= 11 is 2.23. The Balaban J connectivity index is 2.26. The molecular weight excluding hydrogens is 353 g/mol. The minimum atomic E-state index is -0.496. The number of esters is 1. The first-order valence-corrected chi connectivity index (χ1v) is 6.93. The topological polar surface area (TPSA) is 38.3 Å². The molecule has 1 N–H and O–H groups in total. The summed E-state index contributed by atoms with van der Waals surface area (Å²) in [6.45, 7) is 0. The summed E-state index contributed by atoms with van der Waals surface area (Å²) in [5.74, 6) is -0.301. The van der Waals surface area contributed by atoms with Crippen LogP contribution in [0.25, 0.3) is 0 Å². The molecule has 2 aromatic rings. The molecule has 1 unspecified atom stereocenters. The number of methoxy groups -OCH3 is 1. The van der Waals surface area contributed by atoms with Gasteiger partial charge in [0.2, 0.25) is 0 Å². The van der Waals surface area contributed by atoms with Gasteiger partial charge in [-0.2, -0.15) is 0 Å². The van der Waals surface area contributed by atoms with Crippen LogP contribution in [0.1, 0.15) is 11.6 Å². The van der Waals surface area contributed by atoms with Crippen molar-refractivity contribution in [3.63, 3.8) is 0 Å². The second-order valence-electron chi connectivity index (χ2n) is 4.02. The smallest absolute Gasteiger partial charge is 0.332 e. The highest BCUT2D eigenvalue weighted by Gasteiger charge is 2.20. The Morgan fingerprint density at radius 1 is 1.11 bits per heavy atom. The van der Waals surface area contributed by atoms with E-state index in [9.17, 15) is 4.79 Å². The molecule has 0 aromatic heterocycles. The minimum Gasteiger partial charge on any atom is -0.467 e. The zero-order valence-electron chi connectivity index (χ0n) is 10.5. The number of carbonyl (C=O) groups excluding carboxylic acids is 1. The highest BCUT2D eigenvalue weighted by molar-refractivity contribution is 14.1. The van der Waals surface area contributed by atoms with Crippen LogP contribution < -0.4 is 5.32 Å². The van der Waals surface area contributed by atoms with Crippen LogP contribution in [0.4, 0.5) is 5.69 Å². The molecule has 1 atom stereocenters. The standard InChI is InChI=1S/C15H14INO2/c1-19-15(18)14(11-7-9-12(16)10-8-11)17-13-5-3-2-4-6-13/h2-10,14,17H,1H3. The van der Waals surface area contributed by atoms with Crippen LogP contribution in [0.2, 0.25) is 0 Å².